The first kappa shape index (κ1) is 26.0. The fraction of sp³-hybridized carbons (Fsp3) is 0.731. The summed E-state index contributed by atoms with van der Waals surface area (Å²) in [6.45, 7) is 17.5. The number of piperazine rings is 1. The van der Waals surface area contributed by atoms with Crippen molar-refractivity contribution in [2.45, 2.75) is 72.6 Å². The highest BCUT2D eigenvalue weighted by Gasteiger charge is 2.40. The molecule has 1 aromatic carbocycles. The lowest BCUT2D eigenvalue weighted by Gasteiger charge is -2.46. The minimum atomic E-state index is -0.235. The number of halogens is 1. The molecule has 1 saturated heterocycles. The molecule has 1 saturated carbocycles. The van der Waals surface area contributed by atoms with Gasteiger partial charge in [-0.15, -0.1) is 12.4 Å². The van der Waals surface area contributed by atoms with Crippen LogP contribution in [0.25, 0.3) is 0 Å². The Hall–Kier alpha value is -1.26. The third kappa shape index (κ3) is 6.61. The first-order valence-corrected chi connectivity index (χ1v) is 11.8. The number of unbranched alkanes of at least 4 members (excludes halogenated alkanes) is 1. The highest BCUT2D eigenvalue weighted by atomic mass is 35.5. The molecule has 0 N–H and O–H groups in total. The molecule has 0 aromatic heterocycles. The van der Waals surface area contributed by atoms with E-state index >= 15 is 0 Å². The summed E-state index contributed by atoms with van der Waals surface area (Å²) >= 11 is 0. The lowest BCUT2D eigenvalue weighted by molar-refractivity contribution is 0.0600. The van der Waals surface area contributed by atoms with Crippen LogP contribution in [0.4, 0.5) is 5.69 Å². The predicted octanol–water partition coefficient (Wildman–Crippen LogP) is 6.14. The second-order valence-corrected chi connectivity index (χ2v) is 11.1. The number of rotatable bonds is 6. The van der Waals surface area contributed by atoms with Gasteiger partial charge in [0.2, 0.25) is 0 Å². The molecule has 1 aromatic rings. The maximum atomic E-state index is 12.3. The van der Waals surface area contributed by atoms with Gasteiger partial charge < -0.3 is 9.64 Å². The quantitative estimate of drug-likeness (QED) is 0.487. The largest absolute Gasteiger partial charge is 0.465 e. The molecule has 0 unspecified atom stereocenters. The number of esters is 1. The van der Waals surface area contributed by atoms with Crippen LogP contribution in [-0.4, -0.2) is 50.7 Å². The maximum Gasteiger partial charge on any atom is 0.337 e. The molecule has 176 valence electrons. The molecule has 31 heavy (non-hydrogen) atoms. The minimum Gasteiger partial charge on any atom is -0.465 e. The van der Waals surface area contributed by atoms with Gasteiger partial charge in [0.1, 0.15) is 0 Å². The molecule has 0 atom stereocenters. The van der Waals surface area contributed by atoms with Gasteiger partial charge in [0.25, 0.3) is 0 Å². The van der Waals surface area contributed by atoms with E-state index in [-0.39, 0.29) is 18.4 Å². The third-order valence-corrected chi connectivity index (χ3v) is 6.98. The van der Waals surface area contributed by atoms with Crippen molar-refractivity contribution < 1.29 is 9.53 Å². The van der Waals surface area contributed by atoms with Crippen LogP contribution in [0.1, 0.15) is 88.6 Å². The Morgan fingerprint density at radius 3 is 2.23 bits per heavy atom. The molecule has 1 aliphatic heterocycles. The number of methoxy groups -OCH3 is 1. The Morgan fingerprint density at radius 2 is 1.68 bits per heavy atom. The molecule has 1 heterocycles. The van der Waals surface area contributed by atoms with E-state index in [2.05, 4.69) is 56.6 Å². The number of hydrogen-bond donors (Lipinski definition) is 0. The molecule has 0 bridgehead atoms. The lowest BCUT2D eigenvalue weighted by Crippen LogP contribution is -2.47. The number of ether oxygens (including phenoxy) is 1. The van der Waals surface area contributed by atoms with Crippen LogP contribution in [0.3, 0.4) is 0 Å². The van der Waals surface area contributed by atoms with Crippen LogP contribution in [-0.2, 0) is 4.74 Å². The van der Waals surface area contributed by atoms with Crippen LogP contribution < -0.4 is 4.90 Å². The van der Waals surface area contributed by atoms with E-state index in [1.807, 2.05) is 6.07 Å². The Bertz CT molecular complexity index is 723. The Balaban J connectivity index is 0.00000341. The van der Waals surface area contributed by atoms with E-state index < -0.39 is 0 Å². The van der Waals surface area contributed by atoms with Gasteiger partial charge in [0.05, 0.1) is 12.7 Å². The number of hydrogen-bond acceptors (Lipinski definition) is 4. The molecule has 1 aliphatic carbocycles. The molecule has 3 rings (SSSR count). The standard InChI is InChI=1S/C26H42N2O2.ClH/c1-7-8-11-27-12-14-28(15-13-27)23-10-9-20(24(29)30-6)16-22(23)21-17-25(2,3)19-26(4,5)18-21;/h9-10,16,21H,7-8,11-15,17-19H2,1-6H3;1H. The highest BCUT2D eigenvalue weighted by Crippen LogP contribution is 2.53. The Kier molecular flexibility index (Phi) is 8.86. The van der Waals surface area contributed by atoms with E-state index in [1.54, 1.807) is 0 Å². The van der Waals surface area contributed by atoms with Crippen LogP contribution in [0.2, 0.25) is 0 Å². The van der Waals surface area contributed by atoms with Crippen LogP contribution in [0.15, 0.2) is 18.2 Å². The van der Waals surface area contributed by atoms with Gasteiger partial charge in [-0.1, -0.05) is 41.0 Å². The molecular formula is C26H43ClN2O2. The molecule has 0 radical (unpaired) electrons. The van der Waals surface area contributed by atoms with Gasteiger partial charge in [0, 0.05) is 31.9 Å². The van der Waals surface area contributed by atoms with Crippen molar-refractivity contribution in [2.75, 3.05) is 44.7 Å². The first-order valence-electron chi connectivity index (χ1n) is 11.8. The molecule has 2 fully saturated rings. The number of nitrogens with zero attached hydrogens (tertiary/aromatic N) is 2. The Morgan fingerprint density at radius 1 is 1.06 bits per heavy atom. The SMILES string of the molecule is CCCCN1CCN(c2ccc(C(=O)OC)cc2C2CC(C)(C)CC(C)(C)C2)CC1.Cl. The summed E-state index contributed by atoms with van der Waals surface area (Å²) < 4.78 is 5.04. The smallest absolute Gasteiger partial charge is 0.337 e. The molecular weight excluding hydrogens is 408 g/mol. The summed E-state index contributed by atoms with van der Waals surface area (Å²) in [6, 6.07) is 6.26. The number of carbonyl (C=O) groups excluding carboxylic acids is 1. The summed E-state index contributed by atoms with van der Waals surface area (Å²) in [7, 11) is 1.47. The summed E-state index contributed by atoms with van der Waals surface area (Å²) in [5.41, 5.74) is 3.98. The van der Waals surface area contributed by atoms with Crippen molar-refractivity contribution in [1.82, 2.24) is 4.90 Å². The van der Waals surface area contributed by atoms with Gasteiger partial charge in [-0.3, -0.25) is 4.90 Å². The van der Waals surface area contributed by atoms with Crippen LogP contribution in [0.5, 0.6) is 0 Å². The van der Waals surface area contributed by atoms with Crippen molar-refractivity contribution in [3.63, 3.8) is 0 Å². The summed E-state index contributed by atoms with van der Waals surface area (Å²) in [5, 5.41) is 0. The van der Waals surface area contributed by atoms with Crippen molar-refractivity contribution in [3.8, 4) is 0 Å². The normalized spacial score (nSPS) is 21.4. The fourth-order valence-electron chi connectivity index (χ4n) is 6.07. The average Bonchev–Trinajstić information content (AvgIpc) is 2.69. The van der Waals surface area contributed by atoms with E-state index in [0.717, 1.165) is 26.2 Å². The summed E-state index contributed by atoms with van der Waals surface area (Å²) in [6.07, 6.45) is 6.13. The van der Waals surface area contributed by atoms with Crippen LogP contribution in [0, 0.1) is 10.8 Å². The number of benzene rings is 1. The van der Waals surface area contributed by atoms with Gasteiger partial charge in [-0.25, -0.2) is 4.79 Å². The van der Waals surface area contributed by atoms with Gasteiger partial charge in [0.15, 0.2) is 0 Å². The van der Waals surface area contributed by atoms with E-state index in [0.29, 0.717) is 22.3 Å². The highest BCUT2D eigenvalue weighted by molar-refractivity contribution is 5.90. The van der Waals surface area contributed by atoms with Gasteiger partial charge >= 0.3 is 5.97 Å². The summed E-state index contributed by atoms with van der Waals surface area (Å²) in [5.74, 6) is 0.239. The lowest BCUT2D eigenvalue weighted by atomic mass is 9.60. The maximum absolute atomic E-state index is 12.3. The monoisotopic (exact) mass is 450 g/mol. The zero-order valence-electron chi connectivity index (χ0n) is 20.5. The first-order chi connectivity index (χ1) is 14.1. The van der Waals surface area contributed by atoms with Crippen molar-refractivity contribution in [3.05, 3.63) is 29.3 Å². The van der Waals surface area contributed by atoms with Gasteiger partial charge in [-0.05, 0) is 72.7 Å². The third-order valence-electron chi connectivity index (χ3n) is 6.98. The molecule has 4 nitrogen and oxygen atoms in total. The van der Waals surface area contributed by atoms with Crippen molar-refractivity contribution >= 4 is 24.1 Å². The van der Waals surface area contributed by atoms with Crippen LogP contribution >= 0.6 is 12.4 Å². The average molecular weight is 451 g/mol. The molecule has 0 spiro atoms. The predicted molar refractivity (Wildman–Crippen MR) is 133 cm³/mol. The second-order valence-electron chi connectivity index (χ2n) is 11.1. The van der Waals surface area contributed by atoms with Gasteiger partial charge in [-0.2, -0.15) is 0 Å². The zero-order valence-corrected chi connectivity index (χ0v) is 21.3. The van der Waals surface area contributed by atoms with E-state index in [1.165, 1.54) is 57.0 Å². The number of anilines is 1. The van der Waals surface area contributed by atoms with E-state index in [9.17, 15) is 4.79 Å². The van der Waals surface area contributed by atoms with Crippen molar-refractivity contribution in [2.24, 2.45) is 10.8 Å². The van der Waals surface area contributed by atoms with E-state index in [4.69, 9.17) is 4.74 Å². The molecule has 2 aliphatic rings. The minimum absolute atomic E-state index is 0. The number of carbonyl (C=O) groups is 1. The topological polar surface area (TPSA) is 32.8 Å². The fourth-order valence-corrected chi connectivity index (χ4v) is 6.07. The zero-order chi connectivity index (χ0) is 21.9. The molecule has 0 amide bonds. The Labute approximate surface area is 196 Å². The molecule has 5 heteroatoms. The second kappa shape index (κ2) is 10.6. The summed E-state index contributed by atoms with van der Waals surface area (Å²) in [4.78, 5) is 17.4. The van der Waals surface area contributed by atoms with Crippen molar-refractivity contribution in [1.29, 1.82) is 0 Å².